The fraction of sp³-hybridized carbons (Fsp3) is 0. The van der Waals surface area contributed by atoms with Gasteiger partial charge >= 0.3 is 0 Å². The molecule has 0 saturated carbocycles. The topological polar surface area (TPSA) is 30.0 Å². The molecule has 1 aromatic heterocycles. The molecule has 4 heteroatoms. The van der Waals surface area contributed by atoms with Gasteiger partial charge in [0.25, 0.3) is 0 Å². The Morgan fingerprint density at radius 3 is 1.86 bits per heavy atom. The largest absolute Gasteiger partial charge is 0.307 e. The number of nitrogens with zero attached hydrogens (tertiary/aromatic N) is 1. The number of halogens is 1. The lowest BCUT2D eigenvalue weighted by atomic mass is 10.1. The summed E-state index contributed by atoms with van der Waals surface area (Å²) in [7, 11) is -3.32. The zero-order valence-corrected chi connectivity index (χ0v) is 16.4. The Balaban J connectivity index is 1.97. The third kappa shape index (κ3) is 2.86. The van der Waals surface area contributed by atoms with Crippen molar-refractivity contribution in [2.45, 2.75) is 0 Å². The van der Waals surface area contributed by atoms with Gasteiger partial charge in [-0.1, -0.05) is 84.9 Å². The predicted molar refractivity (Wildman–Crippen MR) is 119 cm³/mol. The number of para-hydroxylation sites is 1. The van der Waals surface area contributed by atoms with Gasteiger partial charge in [-0.25, -0.2) is 9.37 Å². The number of aromatic nitrogens is 1. The van der Waals surface area contributed by atoms with Gasteiger partial charge in [0.15, 0.2) is 7.14 Å². The smallest absolute Gasteiger partial charge is 0.189 e. The highest BCUT2D eigenvalue weighted by Crippen LogP contribution is 2.44. The minimum absolute atomic E-state index is 0.372. The minimum Gasteiger partial charge on any atom is -0.307 e. The van der Waals surface area contributed by atoms with Crippen molar-refractivity contribution < 1.29 is 8.96 Å². The van der Waals surface area contributed by atoms with Crippen LogP contribution in [0.15, 0.2) is 103 Å². The van der Waals surface area contributed by atoms with E-state index in [1.807, 2.05) is 84.9 Å². The number of benzene rings is 4. The molecule has 1 heterocycles. The summed E-state index contributed by atoms with van der Waals surface area (Å²) in [4.78, 5) is 4.84. The Morgan fingerprint density at radius 2 is 1.21 bits per heavy atom. The summed E-state index contributed by atoms with van der Waals surface area (Å²) < 4.78 is 29.1. The molecule has 0 aliphatic heterocycles. The number of hydrogen-bond acceptors (Lipinski definition) is 2. The second kappa shape index (κ2) is 6.95. The molecule has 5 aromatic rings. The fourth-order valence-electron chi connectivity index (χ4n) is 3.82. The van der Waals surface area contributed by atoms with Crippen LogP contribution >= 0.6 is 7.14 Å². The highest BCUT2D eigenvalue weighted by atomic mass is 31.2. The summed E-state index contributed by atoms with van der Waals surface area (Å²) in [6.07, 6.45) is 0. The van der Waals surface area contributed by atoms with E-state index in [1.165, 1.54) is 12.1 Å². The van der Waals surface area contributed by atoms with Gasteiger partial charge < -0.3 is 4.57 Å². The average molecular weight is 397 g/mol. The molecule has 5 rings (SSSR count). The summed E-state index contributed by atoms with van der Waals surface area (Å²) in [5.74, 6) is -0.372. The van der Waals surface area contributed by atoms with E-state index in [1.54, 1.807) is 6.07 Å². The lowest BCUT2D eigenvalue weighted by molar-refractivity contribution is 0.592. The second-order valence-electron chi connectivity index (χ2n) is 6.92. The van der Waals surface area contributed by atoms with Crippen LogP contribution in [0, 0.1) is 5.82 Å². The van der Waals surface area contributed by atoms with Crippen LogP contribution in [0.3, 0.4) is 0 Å². The Bertz CT molecular complexity index is 1340. The van der Waals surface area contributed by atoms with E-state index >= 15 is 0 Å². The quantitative estimate of drug-likeness (QED) is 0.311. The normalized spacial score (nSPS) is 11.8. The fourth-order valence-corrected chi connectivity index (χ4v) is 6.56. The SMILES string of the molecule is O=P(c1ccccc1)(c1ccccc1)c1nc2ccccc2c2ccc(F)cc12. The van der Waals surface area contributed by atoms with Crippen molar-refractivity contribution in [1.29, 1.82) is 0 Å². The standard InChI is InChI=1S/C25H17FNOP/c26-18-15-16-21-22-13-7-8-14-24(22)27-25(23(21)17-18)29(28,19-9-3-1-4-10-19)20-11-5-2-6-12-20/h1-17H. The van der Waals surface area contributed by atoms with Crippen LogP contribution in [0.25, 0.3) is 21.7 Å². The monoisotopic (exact) mass is 397 g/mol. The van der Waals surface area contributed by atoms with Crippen molar-refractivity contribution >= 4 is 44.9 Å². The second-order valence-corrected chi connectivity index (χ2v) is 9.60. The van der Waals surface area contributed by atoms with Gasteiger partial charge in [0.05, 0.1) is 5.52 Å². The van der Waals surface area contributed by atoms with Gasteiger partial charge in [-0.05, 0) is 23.6 Å². The van der Waals surface area contributed by atoms with E-state index < -0.39 is 7.14 Å². The third-order valence-corrected chi connectivity index (χ3v) is 8.17. The van der Waals surface area contributed by atoms with Crippen molar-refractivity contribution in [3.8, 4) is 0 Å². The van der Waals surface area contributed by atoms with E-state index in [-0.39, 0.29) is 5.82 Å². The van der Waals surface area contributed by atoms with Crippen LogP contribution in [0.2, 0.25) is 0 Å². The molecule has 0 unspecified atom stereocenters. The molecule has 2 nitrogen and oxygen atoms in total. The molecule has 4 aromatic carbocycles. The van der Waals surface area contributed by atoms with Crippen LogP contribution in [-0.2, 0) is 4.57 Å². The molecule has 0 N–H and O–H groups in total. The molecule has 0 saturated heterocycles. The van der Waals surface area contributed by atoms with Crippen LogP contribution < -0.4 is 16.0 Å². The van der Waals surface area contributed by atoms with Crippen molar-refractivity contribution in [3.05, 3.63) is 109 Å². The van der Waals surface area contributed by atoms with Gasteiger partial charge in [-0.2, -0.15) is 0 Å². The number of rotatable bonds is 3. The van der Waals surface area contributed by atoms with Gasteiger partial charge in [-0.15, -0.1) is 0 Å². The first-order valence-corrected chi connectivity index (χ1v) is 11.1. The Kier molecular flexibility index (Phi) is 4.26. The van der Waals surface area contributed by atoms with Crippen molar-refractivity contribution in [1.82, 2.24) is 4.98 Å². The van der Waals surface area contributed by atoms with E-state index in [2.05, 4.69) is 0 Å². The zero-order valence-electron chi connectivity index (χ0n) is 15.5. The first kappa shape index (κ1) is 17.8. The van der Waals surface area contributed by atoms with E-state index in [4.69, 9.17) is 4.98 Å². The number of fused-ring (bicyclic) bond motifs is 3. The van der Waals surface area contributed by atoms with E-state index in [0.717, 1.165) is 16.3 Å². The molecular weight excluding hydrogens is 380 g/mol. The molecule has 0 fully saturated rings. The molecule has 0 radical (unpaired) electrons. The van der Waals surface area contributed by atoms with Gasteiger partial charge in [-0.3, -0.25) is 0 Å². The van der Waals surface area contributed by atoms with Gasteiger partial charge in [0.2, 0.25) is 0 Å². The first-order chi connectivity index (χ1) is 14.2. The maximum atomic E-state index is 14.8. The zero-order chi connectivity index (χ0) is 19.8. The summed E-state index contributed by atoms with van der Waals surface area (Å²) in [6.45, 7) is 0. The molecular formula is C25H17FNOP. The Labute approximate surface area is 168 Å². The van der Waals surface area contributed by atoms with Crippen molar-refractivity contribution in [3.63, 3.8) is 0 Å². The Hall–Kier alpha value is -3.29. The lowest BCUT2D eigenvalue weighted by Crippen LogP contribution is -2.27. The minimum atomic E-state index is -3.32. The molecule has 140 valence electrons. The maximum Gasteiger partial charge on any atom is 0.189 e. The summed E-state index contributed by atoms with van der Waals surface area (Å²) in [6, 6.07) is 31.0. The average Bonchev–Trinajstić information content (AvgIpc) is 2.79. The van der Waals surface area contributed by atoms with Gasteiger partial charge in [0.1, 0.15) is 11.3 Å². The lowest BCUT2D eigenvalue weighted by Gasteiger charge is -2.21. The van der Waals surface area contributed by atoms with Gasteiger partial charge in [0, 0.05) is 21.4 Å². The molecule has 0 atom stereocenters. The number of pyridine rings is 1. The van der Waals surface area contributed by atoms with Crippen LogP contribution in [0.5, 0.6) is 0 Å². The predicted octanol–water partition coefficient (Wildman–Crippen LogP) is 5.17. The highest BCUT2D eigenvalue weighted by Gasteiger charge is 2.33. The summed E-state index contributed by atoms with van der Waals surface area (Å²) >= 11 is 0. The maximum absolute atomic E-state index is 14.8. The molecule has 0 amide bonds. The highest BCUT2D eigenvalue weighted by molar-refractivity contribution is 7.85. The number of hydrogen-bond donors (Lipinski definition) is 0. The summed E-state index contributed by atoms with van der Waals surface area (Å²) in [5, 5.41) is 3.71. The van der Waals surface area contributed by atoms with Crippen molar-refractivity contribution in [2.24, 2.45) is 0 Å². The molecule has 29 heavy (non-hydrogen) atoms. The molecule has 0 spiro atoms. The van der Waals surface area contributed by atoms with Crippen LogP contribution in [0.1, 0.15) is 0 Å². The van der Waals surface area contributed by atoms with Crippen LogP contribution in [-0.4, -0.2) is 4.98 Å². The van der Waals surface area contributed by atoms with E-state index in [0.29, 0.717) is 21.4 Å². The first-order valence-electron chi connectivity index (χ1n) is 9.38. The molecule has 0 aliphatic rings. The summed E-state index contributed by atoms with van der Waals surface area (Å²) in [5.41, 5.74) is 1.16. The Morgan fingerprint density at radius 1 is 0.621 bits per heavy atom. The molecule has 0 aliphatic carbocycles. The molecule has 0 bridgehead atoms. The third-order valence-electron chi connectivity index (χ3n) is 5.18. The van der Waals surface area contributed by atoms with Crippen LogP contribution in [0.4, 0.5) is 4.39 Å². The van der Waals surface area contributed by atoms with Crippen molar-refractivity contribution in [2.75, 3.05) is 0 Å². The van der Waals surface area contributed by atoms with E-state index in [9.17, 15) is 8.96 Å².